The second-order valence-electron chi connectivity index (χ2n) is 6.67. The van der Waals surface area contributed by atoms with E-state index >= 15 is 0 Å². The first kappa shape index (κ1) is 19.1. The Morgan fingerprint density at radius 3 is 2.75 bits per heavy atom. The molecule has 0 radical (unpaired) electrons. The minimum absolute atomic E-state index is 0. The number of aromatic nitrogens is 1. The quantitative estimate of drug-likeness (QED) is 0.430. The molecule has 1 aromatic heterocycles. The van der Waals surface area contributed by atoms with Crippen molar-refractivity contribution in [2.75, 3.05) is 19.6 Å². The lowest BCUT2D eigenvalue weighted by molar-refractivity contribution is 0.277. The smallest absolute Gasteiger partial charge is 0.191 e. The summed E-state index contributed by atoms with van der Waals surface area (Å²) in [6.45, 7) is 7.35. The zero-order valence-electron chi connectivity index (χ0n) is 14.7. The number of H-pyrrole nitrogens is 1. The van der Waals surface area contributed by atoms with Crippen LogP contribution in [0.25, 0.3) is 10.9 Å². The summed E-state index contributed by atoms with van der Waals surface area (Å²) in [5.74, 6) is 1.53. The van der Waals surface area contributed by atoms with Crippen molar-refractivity contribution in [3.63, 3.8) is 0 Å². The first-order valence-corrected chi connectivity index (χ1v) is 8.81. The summed E-state index contributed by atoms with van der Waals surface area (Å²) in [7, 11) is 0. The summed E-state index contributed by atoms with van der Waals surface area (Å²) in [4.78, 5) is 10.3. The third-order valence-corrected chi connectivity index (χ3v) is 5.03. The van der Waals surface area contributed by atoms with Gasteiger partial charge in [0.1, 0.15) is 0 Å². The van der Waals surface area contributed by atoms with E-state index in [2.05, 4.69) is 53.1 Å². The van der Waals surface area contributed by atoms with Gasteiger partial charge < -0.3 is 15.6 Å². The maximum atomic E-state index is 6.16. The molecule has 0 amide bonds. The molecule has 132 valence electrons. The molecule has 24 heavy (non-hydrogen) atoms. The van der Waals surface area contributed by atoms with E-state index in [-0.39, 0.29) is 24.0 Å². The molecule has 0 atom stereocenters. The van der Waals surface area contributed by atoms with Gasteiger partial charge in [-0.25, -0.2) is 0 Å². The van der Waals surface area contributed by atoms with Crippen molar-refractivity contribution in [1.29, 1.82) is 0 Å². The lowest BCUT2D eigenvalue weighted by atomic mass is 10.00. The van der Waals surface area contributed by atoms with E-state index in [0.717, 1.165) is 38.4 Å². The molecule has 4 nitrogen and oxygen atoms in total. The number of aliphatic imine (C=N–C) groups is 1. The van der Waals surface area contributed by atoms with Crippen LogP contribution >= 0.6 is 24.0 Å². The van der Waals surface area contributed by atoms with Gasteiger partial charge >= 0.3 is 0 Å². The third kappa shape index (κ3) is 4.23. The van der Waals surface area contributed by atoms with Crippen molar-refractivity contribution in [2.24, 2.45) is 16.6 Å². The molecule has 2 aromatic rings. The van der Waals surface area contributed by atoms with Gasteiger partial charge in [-0.15, -0.1) is 24.0 Å². The fourth-order valence-corrected chi connectivity index (χ4v) is 3.41. The molecule has 1 aromatic carbocycles. The first-order chi connectivity index (χ1) is 11.2. The number of hydrogen-bond acceptors (Lipinski definition) is 1. The largest absolute Gasteiger partial charge is 0.370 e. The Morgan fingerprint density at radius 1 is 1.29 bits per heavy atom. The highest BCUT2D eigenvalue weighted by Gasteiger charge is 2.16. The minimum atomic E-state index is 0. The number of fused-ring (bicyclic) bond motifs is 1. The molecule has 1 aliphatic heterocycles. The predicted octanol–water partition coefficient (Wildman–Crippen LogP) is 3.94. The number of nitrogens with one attached hydrogen (secondary N) is 1. The van der Waals surface area contributed by atoms with Crippen molar-refractivity contribution >= 4 is 40.8 Å². The lowest BCUT2D eigenvalue weighted by Crippen LogP contribution is -2.42. The molecule has 3 N–H and O–H groups in total. The molecule has 3 rings (SSSR count). The maximum absolute atomic E-state index is 6.16. The zero-order valence-corrected chi connectivity index (χ0v) is 17.0. The number of piperidine rings is 1. The van der Waals surface area contributed by atoms with Crippen molar-refractivity contribution < 1.29 is 0 Å². The molecule has 1 aliphatic rings. The van der Waals surface area contributed by atoms with Gasteiger partial charge in [0, 0.05) is 36.7 Å². The number of nitrogens with two attached hydrogens (primary N) is 1. The Kier molecular flexibility index (Phi) is 6.95. The van der Waals surface area contributed by atoms with E-state index < -0.39 is 0 Å². The van der Waals surface area contributed by atoms with Crippen LogP contribution in [0.5, 0.6) is 0 Å². The molecule has 5 heteroatoms. The standard InChI is InChI=1S/C19H28N4.HI/c1-3-15-5-4-6-17-16(13-22-18(15)17)7-10-21-19(20)23-11-8-14(2)9-12-23;/h4-6,13-14,22H,3,7-12H2,1-2H3,(H2,20,21);1H. The van der Waals surface area contributed by atoms with Crippen LogP contribution in [-0.4, -0.2) is 35.5 Å². The van der Waals surface area contributed by atoms with Gasteiger partial charge in [-0.3, -0.25) is 4.99 Å². The maximum Gasteiger partial charge on any atom is 0.191 e. The van der Waals surface area contributed by atoms with Crippen LogP contribution in [0.4, 0.5) is 0 Å². The lowest BCUT2D eigenvalue weighted by Gasteiger charge is -2.31. The van der Waals surface area contributed by atoms with Crippen LogP contribution in [0.2, 0.25) is 0 Å². The number of nitrogens with zero attached hydrogens (tertiary/aromatic N) is 2. The summed E-state index contributed by atoms with van der Waals surface area (Å²) >= 11 is 0. The molecular weight excluding hydrogens is 411 g/mol. The normalized spacial score (nSPS) is 16.4. The van der Waals surface area contributed by atoms with Crippen LogP contribution < -0.4 is 5.73 Å². The van der Waals surface area contributed by atoms with Gasteiger partial charge in [0.2, 0.25) is 0 Å². The van der Waals surface area contributed by atoms with Crippen molar-refractivity contribution in [3.05, 3.63) is 35.5 Å². The monoisotopic (exact) mass is 440 g/mol. The van der Waals surface area contributed by atoms with E-state index in [1.807, 2.05) is 0 Å². The Hall–Kier alpha value is -1.24. The van der Waals surface area contributed by atoms with Crippen LogP contribution in [0, 0.1) is 5.92 Å². The fraction of sp³-hybridized carbons (Fsp3) is 0.526. The average molecular weight is 440 g/mol. The van der Waals surface area contributed by atoms with Gasteiger partial charge in [0.25, 0.3) is 0 Å². The van der Waals surface area contributed by atoms with Gasteiger partial charge in [-0.05, 0) is 42.7 Å². The minimum Gasteiger partial charge on any atom is -0.370 e. The van der Waals surface area contributed by atoms with Gasteiger partial charge in [0.15, 0.2) is 5.96 Å². The predicted molar refractivity (Wildman–Crippen MR) is 113 cm³/mol. The first-order valence-electron chi connectivity index (χ1n) is 8.81. The van der Waals surface area contributed by atoms with E-state index in [1.54, 1.807) is 0 Å². The second kappa shape index (κ2) is 8.74. The van der Waals surface area contributed by atoms with E-state index in [0.29, 0.717) is 5.96 Å². The van der Waals surface area contributed by atoms with Gasteiger partial charge in [-0.1, -0.05) is 32.0 Å². The van der Waals surface area contributed by atoms with Crippen LogP contribution in [0.3, 0.4) is 0 Å². The van der Waals surface area contributed by atoms with E-state index in [4.69, 9.17) is 5.73 Å². The molecule has 1 fully saturated rings. The van der Waals surface area contributed by atoms with Crippen molar-refractivity contribution in [1.82, 2.24) is 9.88 Å². The molecule has 0 aliphatic carbocycles. The summed E-state index contributed by atoms with van der Waals surface area (Å²) in [5, 5.41) is 1.32. The summed E-state index contributed by atoms with van der Waals surface area (Å²) < 4.78 is 0. The number of guanidine groups is 1. The zero-order chi connectivity index (χ0) is 16.2. The molecular formula is C19H29IN4. The van der Waals surface area contributed by atoms with Crippen LogP contribution in [0.1, 0.15) is 37.8 Å². The number of para-hydroxylation sites is 1. The Morgan fingerprint density at radius 2 is 2.04 bits per heavy atom. The van der Waals surface area contributed by atoms with Gasteiger partial charge in [0.05, 0.1) is 0 Å². The number of hydrogen-bond donors (Lipinski definition) is 2. The topological polar surface area (TPSA) is 57.4 Å². The highest BCUT2D eigenvalue weighted by atomic mass is 127. The number of halogens is 1. The Balaban J connectivity index is 0.00000208. The number of aromatic amines is 1. The summed E-state index contributed by atoms with van der Waals surface area (Å²) in [5.41, 5.74) is 10.1. The molecule has 0 spiro atoms. The van der Waals surface area contributed by atoms with Crippen molar-refractivity contribution in [3.8, 4) is 0 Å². The Labute approximate surface area is 161 Å². The van der Waals surface area contributed by atoms with Gasteiger partial charge in [-0.2, -0.15) is 0 Å². The number of aryl methyl sites for hydroxylation is 1. The molecule has 0 bridgehead atoms. The van der Waals surface area contributed by atoms with Crippen LogP contribution in [-0.2, 0) is 12.8 Å². The highest BCUT2D eigenvalue weighted by molar-refractivity contribution is 14.0. The molecule has 0 unspecified atom stereocenters. The Bertz CT molecular complexity index is 684. The van der Waals surface area contributed by atoms with Crippen molar-refractivity contribution in [2.45, 2.75) is 39.5 Å². The third-order valence-electron chi connectivity index (χ3n) is 5.03. The summed E-state index contributed by atoms with van der Waals surface area (Å²) in [6.07, 6.45) is 6.54. The van der Waals surface area contributed by atoms with E-state index in [1.165, 1.54) is 34.9 Å². The van der Waals surface area contributed by atoms with E-state index in [9.17, 15) is 0 Å². The SMILES string of the molecule is CCc1cccc2c(CCN=C(N)N3CCC(C)CC3)c[nH]c12.I. The molecule has 2 heterocycles. The average Bonchev–Trinajstić information content (AvgIpc) is 2.98. The number of likely N-dealkylation sites (tertiary alicyclic amines) is 1. The summed E-state index contributed by atoms with van der Waals surface area (Å²) in [6, 6.07) is 6.53. The highest BCUT2D eigenvalue weighted by Crippen LogP contribution is 2.22. The second-order valence-corrected chi connectivity index (χ2v) is 6.67. The van der Waals surface area contributed by atoms with Crippen LogP contribution in [0.15, 0.2) is 29.4 Å². The fourth-order valence-electron chi connectivity index (χ4n) is 3.41. The number of benzene rings is 1. The molecule has 1 saturated heterocycles. The molecule has 0 saturated carbocycles. The number of rotatable bonds is 4.